The summed E-state index contributed by atoms with van der Waals surface area (Å²) in [5.41, 5.74) is 0.318. The van der Waals surface area contributed by atoms with Gasteiger partial charge in [0.15, 0.2) is 17.5 Å². The minimum Gasteiger partial charge on any atom is -0.375 e. The summed E-state index contributed by atoms with van der Waals surface area (Å²) in [6, 6.07) is 1.29. The summed E-state index contributed by atoms with van der Waals surface area (Å²) in [4.78, 5) is 13.7. The van der Waals surface area contributed by atoms with E-state index in [0.29, 0.717) is 25.1 Å². The number of nitrogens with zero attached hydrogens (tertiary/aromatic N) is 1. The molecule has 1 N–H and O–H groups in total. The normalized spacial score (nSPS) is 22.0. The van der Waals surface area contributed by atoms with Crippen molar-refractivity contribution in [3.8, 4) is 0 Å². The van der Waals surface area contributed by atoms with Gasteiger partial charge in [-0.3, -0.25) is 9.69 Å². The molecule has 2 rings (SSSR count). The third kappa shape index (κ3) is 3.41. The van der Waals surface area contributed by atoms with Crippen LogP contribution in [0.1, 0.15) is 24.9 Å². The Balaban J connectivity index is 2.28. The lowest BCUT2D eigenvalue weighted by Crippen LogP contribution is -2.41. The van der Waals surface area contributed by atoms with E-state index in [9.17, 15) is 18.0 Å². The van der Waals surface area contributed by atoms with Crippen LogP contribution in [0.3, 0.4) is 0 Å². The van der Waals surface area contributed by atoms with Crippen molar-refractivity contribution in [1.82, 2.24) is 10.2 Å². The summed E-state index contributed by atoms with van der Waals surface area (Å²) < 4.78 is 44.9. The molecule has 1 heterocycles. The van der Waals surface area contributed by atoms with Crippen LogP contribution in [-0.4, -0.2) is 43.7 Å². The van der Waals surface area contributed by atoms with Gasteiger partial charge in [-0.2, -0.15) is 0 Å². The number of ether oxygens (including phenoxy) is 1. The fourth-order valence-corrected chi connectivity index (χ4v) is 2.93. The van der Waals surface area contributed by atoms with Crippen molar-refractivity contribution in [2.75, 3.05) is 26.8 Å². The maximum absolute atomic E-state index is 13.5. The first-order valence-electron chi connectivity index (χ1n) is 7.14. The Hall–Kier alpha value is -1.60. The number of likely N-dealkylation sites (N-methyl/N-ethyl adjacent to an activating group) is 1. The average molecular weight is 316 g/mol. The summed E-state index contributed by atoms with van der Waals surface area (Å²) >= 11 is 0. The molecule has 1 amide bonds. The molecule has 22 heavy (non-hydrogen) atoms. The van der Waals surface area contributed by atoms with Gasteiger partial charge < -0.3 is 10.1 Å². The summed E-state index contributed by atoms with van der Waals surface area (Å²) in [7, 11) is 1.41. The number of rotatable bonds is 5. The second kappa shape index (κ2) is 7.11. The molecule has 7 heteroatoms. The van der Waals surface area contributed by atoms with E-state index in [-0.39, 0.29) is 18.6 Å². The summed E-state index contributed by atoms with van der Waals surface area (Å²) in [6.45, 7) is 3.17. The van der Waals surface area contributed by atoms with E-state index in [1.165, 1.54) is 7.11 Å². The van der Waals surface area contributed by atoms with Gasteiger partial charge in [0.1, 0.15) is 6.61 Å². The molecule has 1 aliphatic heterocycles. The number of carbonyl (C=O) groups excluding carboxylic acids is 1. The zero-order valence-electron chi connectivity index (χ0n) is 12.5. The van der Waals surface area contributed by atoms with Gasteiger partial charge in [-0.1, -0.05) is 6.92 Å². The fourth-order valence-electron chi connectivity index (χ4n) is 2.93. The van der Waals surface area contributed by atoms with Crippen LogP contribution in [0.2, 0.25) is 0 Å². The summed E-state index contributed by atoms with van der Waals surface area (Å²) in [5, 5.41) is 2.80. The Kier molecular flexibility index (Phi) is 5.42. The largest absolute Gasteiger partial charge is 0.375 e. The van der Waals surface area contributed by atoms with Crippen LogP contribution < -0.4 is 5.32 Å². The lowest BCUT2D eigenvalue weighted by Gasteiger charge is -2.28. The molecule has 0 spiro atoms. The van der Waals surface area contributed by atoms with Gasteiger partial charge in [0.25, 0.3) is 0 Å². The molecular formula is C15H19F3N2O2. The molecule has 1 fully saturated rings. The minimum atomic E-state index is -1.48. The van der Waals surface area contributed by atoms with E-state index in [0.717, 1.165) is 12.1 Å². The second-order valence-electron chi connectivity index (χ2n) is 5.27. The molecule has 1 aromatic rings. The molecule has 0 bridgehead atoms. The average Bonchev–Trinajstić information content (AvgIpc) is 2.87. The van der Waals surface area contributed by atoms with Crippen LogP contribution in [0.15, 0.2) is 12.1 Å². The first kappa shape index (κ1) is 16.8. The standard InChI is InChI=1S/C15H19F3N2O2/c1-3-20-5-4-12(19-13(21)8-22-2)15(20)9-6-10(16)14(18)11(17)7-9/h6-7,12,15H,3-5,8H2,1-2H3,(H,19,21). The van der Waals surface area contributed by atoms with Gasteiger partial charge in [0, 0.05) is 19.7 Å². The topological polar surface area (TPSA) is 41.6 Å². The van der Waals surface area contributed by atoms with Crippen molar-refractivity contribution in [1.29, 1.82) is 0 Å². The Labute approximate surface area is 127 Å². The minimum absolute atomic E-state index is 0.0819. The highest BCUT2D eigenvalue weighted by Gasteiger charge is 2.36. The van der Waals surface area contributed by atoms with Crippen LogP contribution >= 0.6 is 0 Å². The van der Waals surface area contributed by atoms with E-state index in [4.69, 9.17) is 4.74 Å². The van der Waals surface area contributed by atoms with Crippen LogP contribution in [0.25, 0.3) is 0 Å². The highest BCUT2D eigenvalue weighted by Crippen LogP contribution is 2.33. The molecule has 1 aromatic carbocycles. The number of carbonyl (C=O) groups is 1. The number of amides is 1. The number of halogens is 3. The zero-order chi connectivity index (χ0) is 16.3. The van der Waals surface area contributed by atoms with Gasteiger partial charge in [-0.25, -0.2) is 13.2 Å². The maximum atomic E-state index is 13.5. The van der Waals surface area contributed by atoms with Crippen molar-refractivity contribution in [2.45, 2.75) is 25.4 Å². The molecule has 0 saturated carbocycles. The third-order valence-electron chi connectivity index (χ3n) is 3.88. The number of hydrogen-bond acceptors (Lipinski definition) is 3. The Morgan fingerprint density at radius 2 is 2.00 bits per heavy atom. The van der Waals surface area contributed by atoms with Crippen molar-refractivity contribution in [2.24, 2.45) is 0 Å². The van der Waals surface area contributed by atoms with Crippen LogP contribution in [0, 0.1) is 17.5 Å². The van der Waals surface area contributed by atoms with Crippen LogP contribution in [0.4, 0.5) is 13.2 Å². The molecule has 2 atom stereocenters. The van der Waals surface area contributed by atoms with Crippen LogP contribution in [0.5, 0.6) is 0 Å². The predicted octanol–water partition coefficient (Wildman–Crippen LogP) is 2.00. The highest BCUT2D eigenvalue weighted by atomic mass is 19.2. The van der Waals surface area contributed by atoms with Gasteiger partial charge in [0.2, 0.25) is 5.91 Å². The van der Waals surface area contributed by atoms with E-state index in [1.54, 1.807) is 0 Å². The number of methoxy groups -OCH3 is 1. The lowest BCUT2D eigenvalue weighted by atomic mass is 9.99. The van der Waals surface area contributed by atoms with Crippen LogP contribution in [-0.2, 0) is 9.53 Å². The quantitative estimate of drug-likeness (QED) is 0.845. The number of nitrogens with one attached hydrogen (secondary N) is 1. The number of likely N-dealkylation sites (tertiary alicyclic amines) is 1. The summed E-state index contributed by atoms with van der Waals surface area (Å²) in [6.07, 6.45) is 0.647. The SMILES string of the molecule is CCN1CCC(NC(=O)COC)C1c1cc(F)c(F)c(F)c1. The number of benzene rings is 1. The van der Waals surface area contributed by atoms with E-state index < -0.39 is 23.5 Å². The monoisotopic (exact) mass is 316 g/mol. The van der Waals surface area contributed by atoms with Gasteiger partial charge in [-0.15, -0.1) is 0 Å². The predicted molar refractivity (Wildman–Crippen MR) is 74.7 cm³/mol. The Bertz CT molecular complexity index is 531. The van der Waals surface area contributed by atoms with E-state index in [2.05, 4.69) is 5.32 Å². The molecule has 122 valence electrons. The van der Waals surface area contributed by atoms with Gasteiger partial charge >= 0.3 is 0 Å². The molecule has 2 unspecified atom stereocenters. The maximum Gasteiger partial charge on any atom is 0.246 e. The molecular weight excluding hydrogens is 297 g/mol. The first-order valence-corrected chi connectivity index (χ1v) is 7.14. The molecule has 0 radical (unpaired) electrons. The molecule has 1 saturated heterocycles. The lowest BCUT2D eigenvalue weighted by molar-refractivity contribution is -0.125. The van der Waals surface area contributed by atoms with Crippen molar-refractivity contribution >= 4 is 5.91 Å². The Morgan fingerprint density at radius 3 is 2.55 bits per heavy atom. The van der Waals surface area contributed by atoms with Crippen molar-refractivity contribution in [3.63, 3.8) is 0 Å². The van der Waals surface area contributed by atoms with Gasteiger partial charge in [0.05, 0.1) is 6.04 Å². The fraction of sp³-hybridized carbons (Fsp3) is 0.533. The second-order valence-corrected chi connectivity index (χ2v) is 5.27. The number of hydrogen-bond donors (Lipinski definition) is 1. The molecule has 0 aliphatic carbocycles. The molecule has 0 aromatic heterocycles. The summed E-state index contributed by atoms with van der Waals surface area (Å²) in [5.74, 6) is -4.22. The smallest absolute Gasteiger partial charge is 0.246 e. The first-order chi connectivity index (χ1) is 10.5. The van der Waals surface area contributed by atoms with Gasteiger partial charge in [-0.05, 0) is 30.7 Å². The highest BCUT2D eigenvalue weighted by molar-refractivity contribution is 5.77. The van der Waals surface area contributed by atoms with Crippen molar-refractivity contribution in [3.05, 3.63) is 35.1 Å². The molecule has 1 aliphatic rings. The zero-order valence-corrected chi connectivity index (χ0v) is 12.5. The third-order valence-corrected chi connectivity index (χ3v) is 3.88. The van der Waals surface area contributed by atoms with E-state index in [1.807, 2.05) is 11.8 Å². The van der Waals surface area contributed by atoms with E-state index >= 15 is 0 Å². The van der Waals surface area contributed by atoms with Crippen molar-refractivity contribution < 1.29 is 22.7 Å². The molecule has 4 nitrogen and oxygen atoms in total. The Morgan fingerprint density at radius 1 is 1.36 bits per heavy atom.